The van der Waals surface area contributed by atoms with Crippen LogP contribution in [0, 0.1) is 0 Å². The number of benzene rings is 2. The lowest BCUT2D eigenvalue weighted by Gasteiger charge is -2.14. The second kappa shape index (κ2) is 12.9. The molecule has 2 N–H and O–H groups in total. The number of aromatic nitrogens is 3. The lowest BCUT2D eigenvalue weighted by atomic mass is 10.0. The van der Waals surface area contributed by atoms with Gasteiger partial charge in [0.15, 0.2) is 17.6 Å². The Kier molecular flexibility index (Phi) is 9.72. The van der Waals surface area contributed by atoms with Gasteiger partial charge in [0.2, 0.25) is 5.91 Å². The van der Waals surface area contributed by atoms with Gasteiger partial charge < -0.3 is 19.9 Å². The number of hydrogen-bond donors (Lipinski definition) is 2. The third-order valence-electron chi connectivity index (χ3n) is 5.48. The Balaban J connectivity index is 1.45. The van der Waals surface area contributed by atoms with Gasteiger partial charge in [-0.1, -0.05) is 68.1 Å². The topological polar surface area (TPSA) is 98.1 Å². The van der Waals surface area contributed by atoms with Gasteiger partial charge in [-0.3, -0.25) is 9.59 Å². The number of amides is 2. The Bertz CT molecular complexity index is 1100. The summed E-state index contributed by atoms with van der Waals surface area (Å²) in [6, 6.07) is 17.5. The van der Waals surface area contributed by atoms with Gasteiger partial charge in [-0.05, 0) is 43.0 Å². The zero-order chi connectivity index (χ0) is 25.2. The van der Waals surface area contributed by atoms with Crippen LogP contribution in [0.4, 0.5) is 0 Å². The molecule has 0 saturated carbocycles. The first-order valence-corrected chi connectivity index (χ1v) is 12.7. The highest BCUT2D eigenvalue weighted by Crippen LogP contribution is 2.19. The Morgan fingerprint density at radius 2 is 1.69 bits per heavy atom. The van der Waals surface area contributed by atoms with Gasteiger partial charge in [-0.2, -0.15) is 0 Å². The summed E-state index contributed by atoms with van der Waals surface area (Å²) in [7, 11) is 0. The SMILES string of the molecule is CCn1c(CNC(=O)COc2ccc(C(C)C)cc2)nnc1SCC(=O)N[C@H](C)c1ccccc1. The molecule has 35 heavy (non-hydrogen) atoms. The summed E-state index contributed by atoms with van der Waals surface area (Å²) in [6.07, 6.45) is 0. The van der Waals surface area contributed by atoms with Crippen LogP contribution in [0.15, 0.2) is 59.8 Å². The van der Waals surface area contributed by atoms with Crippen LogP contribution in [0.3, 0.4) is 0 Å². The molecule has 0 radical (unpaired) electrons. The van der Waals surface area contributed by atoms with Crippen molar-refractivity contribution in [2.45, 2.75) is 57.9 Å². The highest BCUT2D eigenvalue weighted by atomic mass is 32.2. The van der Waals surface area contributed by atoms with Crippen LogP contribution in [-0.4, -0.2) is 38.9 Å². The van der Waals surface area contributed by atoms with Crippen LogP contribution in [0.1, 0.15) is 56.6 Å². The van der Waals surface area contributed by atoms with Gasteiger partial charge in [-0.25, -0.2) is 0 Å². The number of nitrogens with zero attached hydrogens (tertiary/aromatic N) is 3. The fourth-order valence-corrected chi connectivity index (χ4v) is 4.27. The number of thioether (sulfide) groups is 1. The van der Waals surface area contributed by atoms with Crippen molar-refractivity contribution in [2.75, 3.05) is 12.4 Å². The molecule has 9 heteroatoms. The molecule has 0 spiro atoms. The van der Waals surface area contributed by atoms with Crippen LogP contribution >= 0.6 is 11.8 Å². The molecule has 2 aromatic carbocycles. The lowest BCUT2D eigenvalue weighted by molar-refractivity contribution is -0.123. The molecule has 2 amide bonds. The van der Waals surface area contributed by atoms with Crippen LogP contribution in [0.5, 0.6) is 5.75 Å². The van der Waals surface area contributed by atoms with E-state index in [-0.39, 0.29) is 36.8 Å². The number of carbonyl (C=O) groups excluding carboxylic acids is 2. The van der Waals surface area contributed by atoms with E-state index in [1.165, 1.54) is 17.3 Å². The Morgan fingerprint density at radius 1 is 0.971 bits per heavy atom. The number of carbonyl (C=O) groups is 2. The van der Waals surface area contributed by atoms with E-state index in [0.29, 0.717) is 29.2 Å². The number of hydrogen-bond acceptors (Lipinski definition) is 6. The van der Waals surface area contributed by atoms with Crippen LogP contribution < -0.4 is 15.4 Å². The first kappa shape index (κ1) is 26.3. The van der Waals surface area contributed by atoms with Crippen molar-refractivity contribution in [2.24, 2.45) is 0 Å². The molecule has 0 unspecified atom stereocenters. The van der Waals surface area contributed by atoms with E-state index in [2.05, 4.69) is 34.7 Å². The standard InChI is InChI=1S/C26H33N5O3S/c1-5-31-23(15-27-24(32)16-34-22-13-11-20(12-14-22)18(2)3)29-30-26(31)35-17-25(33)28-19(4)21-9-7-6-8-10-21/h6-14,18-19H,5,15-17H2,1-4H3,(H,27,32)(H,28,33)/t19-/m1/s1. The maximum atomic E-state index is 12.4. The summed E-state index contributed by atoms with van der Waals surface area (Å²) in [5, 5.41) is 14.9. The minimum absolute atomic E-state index is 0.0746. The van der Waals surface area contributed by atoms with E-state index in [4.69, 9.17) is 4.74 Å². The van der Waals surface area contributed by atoms with Gasteiger partial charge in [0, 0.05) is 6.54 Å². The average molecular weight is 496 g/mol. The maximum Gasteiger partial charge on any atom is 0.258 e. The third-order valence-corrected chi connectivity index (χ3v) is 6.45. The normalized spacial score (nSPS) is 11.8. The summed E-state index contributed by atoms with van der Waals surface area (Å²) in [5.41, 5.74) is 2.27. The molecule has 0 aliphatic rings. The predicted molar refractivity (Wildman–Crippen MR) is 137 cm³/mol. The minimum atomic E-state index is -0.243. The van der Waals surface area contributed by atoms with E-state index in [0.717, 1.165) is 5.56 Å². The van der Waals surface area contributed by atoms with Gasteiger partial charge >= 0.3 is 0 Å². The molecule has 8 nitrogen and oxygen atoms in total. The predicted octanol–water partition coefficient (Wildman–Crippen LogP) is 4.09. The molecule has 3 aromatic rings. The second-order valence-corrected chi connectivity index (χ2v) is 9.36. The summed E-state index contributed by atoms with van der Waals surface area (Å²) >= 11 is 1.32. The lowest BCUT2D eigenvalue weighted by Crippen LogP contribution is -2.29. The second-order valence-electron chi connectivity index (χ2n) is 8.42. The van der Waals surface area contributed by atoms with E-state index >= 15 is 0 Å². The zero-order valence-corrected chi connectivity index (χ0v) is 21.5. The number of rotatable bonds is 12. The van der Waals surface area contributed by atoms with Crippen molar-refractivity contribution in [3.05, 3.63) is 71.5 Å². The Labute approximate surface area is 210 Å². The highest BCUT2D eigenvalue weighted by Gasteiger charge is 2.15. The fraction of sp³-hybridized carbons (Fsp3) is 0.385. The van der Waals surface area contributed by atoms with Crippen LogP contribution in [0.25, 0.3) is 0 Å². The van der Waals surface area contributed by atoms with Crippen molar-refractivity contribution in [3.8, 4) is 5.75 Å². The molecular weight excluding hydrogens is 462 g/mol. The zero-order valence-electron chi connectivity index (χ0n) is 20.7. The monoisotopic (exact) mass is 495 g/mol. The van der Waals surface area contributed by atoms with Crippen molar-refractivity contribution in [1.82, 2.24) is 25.4 Å². The summed E-state index contributed by atoms with van der Waals surface area (Å²) in [5.74, 6) is 1.63. The van der Waals surface area contributed by atoms with E-state index < -0.39 is 0 Å². The van der Waals surface area contributed by atoms with Gasteiger partial charge in [0.1, 0.15) is 5.75 Å². The number of ether oxygens (including phenoxy) is 1. The summed E-state index contributed by atoms with van der Waals surface area (Å²) < 4.78 is 7.47. The molecule has 0 aliphatic heterocycles. The first-order chi connectivity index (χ1) is 16.9. The van der Waals surface area contributed by atoms with Gasteiger partial charge in [0.25, 0.3) is 5.91 Å². The molecule has 186 valence electrons. The van der Waals surface area contributed by atoms with Crippen molar-refractivity contribution >= 4 is 23.6 Å². The smallest absolute Gasteiger partial charge is 0.258 e. The molecule has 1 heterocycles. The van der Waals surface area contributed by atoms with E-state index in [1.807, 2.05) is 73.0 Å². The van der Waals surface area contributed by atoms with E-state index in [9.17, 15) is 9.59 Å². The van der Waals surface area contributed by atoms with Crippen molar-refractivity contribution < 1.29 is 14.3 Å². The van der Waals surface area contributed by atoms with Gasteiger partial charge in [-0.15, -0.1) is 10.2 Å². The third kappa shape index (κ3) is 7.85. The number of nitrogens with one attached hydrogen (secondary N) is 2. The average Bonchev–Trinajstić information content (AvgIpc) is 3.27. The molecule has 0 fully saturated rings. The molecular formula is C26H33N5O3S. The summed E-state index contributed by atoms with van der Waals surface area (Å²) in [6.45, 7) is 8.96. The van der Waals surface area contributed by atoms with Gasteiger partial charge in [0.05, 0.1) is 18.3 Å². The maximum absolute atomic E-state index is 12.4. The quantitative estimate of drug-likeness (QED) is 0.367. The molecule has 0 saturated heterocycles. The van der Waals surface area contributed by atoms with E-state index in [1.54, 1.807) is 0 Å². The van der Waals surface area contributed by atoms with Crippen molar-refractivity contribution in [3.63, 3.8) is 0 Å². The summed E-state index contributed by atoms with van der Waals surface area (Å²) in [4.78, 5) is 24.7. The Hall–Kier alpha value is -3.33. The Morgan fingerprint density at radius 3 is 2.34 bits per heavy atom. The van der Waals surface area contributed by atoms with Crippen LogP contribution in [-0.2, 0) is 22.7 Å². The first-order valence-electron chi connectivity index (χ1n) is 11.8. The molecule has 3 rings (SSSR count). The van der Waals surface area contributed by atoms with Crippen LogP contribution in [0.2, 0.25) is 0 Å². The molecule has 1 aromatic heterocycles. The molecule has 0 bridgehead atoms. The molecule has 0 aliphatic carbocycles. The largest absolute Gasteiger partial charge is 0.484 e. The minimum Gasteiger partial charge on any atom is -0.484 e. The fourth-order valence-electron chi connectivity index (χ4n) is 3.44. The van der Waals surface area contributed by atoms with Crippen molar-refractivity contribution in [1.29, 1.82) is 0 Å². The molecule has 1 atom stereocenters. The highest BCUT2D eigenvalue weighted by molar-refractivity contribution is 7.99.